The number of aliphatic imine (C=N–C) groups is 1. The van der Waals surface area contributed by atoms with Gasteiger partial charge in [-0.2, -0.15) is 0 Å². The smallest absolute Gasteiger partial charge is 0.193 e. The molecule has 0 aliphatic heterocycles. The molecular weight excluding hydrogens is 326 g/mol. The van der Waals surface area contributed by atoms with Crippen LogP contribution >= 0.6 is 11.6 Å². The van der Waals surface area contributed by atoms with E-state index >= 15 is 0 Å². The standard InChI is InChI=1S/C17H26ClN5O/c1-19-17(23(5)12-14-9-13(18)11-22(14)4)20-10-15(21(2)3)16-7-6-8-24-16/h6-9,11,15H,10,12H2,1-5H3,(H,19,20). The molecule has 132 valence electrons. The van der Waals surface area contributed by atoms with Crippen LogP contribution in [-0.2, 0) is 13.6 Å². The molecule has 0 radical (unpaired) electrons. The topological polar surface area (TPSA) is 48.9 Å². The first-order valence-electron chi connectivity index (χ1n) is 7.84. The van der Waals surface area contributed by atoms with Crippen LogP contribution in [0.1, 0.15) is 17.5 Å². The minimum absolute atomic E-state index is 0.134. The molecule has 0 spiro atoms. The molecule has 0 aliphatic carbocycles. The van der Waals surface area contributed by atoms with E-state index < -0.39 is 0 Å². The third-order valence-corrected chi connectivity index (χ3v) is 4.20. The number of nitrogens with one attached hydrogen (secondary N) is 1. The van der Waals surface area contributed by atoms with Crippen molar-refractivity contribution in [1.82, 2.24) is 19.7 Å². The summed E-state index contributed by atoms with van der Waals surface area (Å²) in [6.07, 6.45) is 3.60. The Kier molecular flexibility index (Phi) is 6.34. The molecule has 0 amide bonds. The molecule has 24 heavy (non-hydrogen) atoms. The van der Waals surface area contributed by atoms with Crippen LogP contribution < -0.4 is 5.32 Å². The molecule has 0 bridgehead atoms. The quantitative estimate of drug-likeness (QED) is 0.642. The van der Waals surface area contributed by atoms with Gasteiger partial charge in [-0.25, -0.2) is 0 Å². The highest BCUT2D eigenvalue weighted by molar-refractivity contribution is 6.30. The number of furan rings is 1. The Morgan fingerprint density at radius 3 is 2.67 bits per heavy atom. The number of likely N-dealkylation sites (N-methyl/N-ethyl adjacent to an activating group) is 1. The summed E-state index contributed by atoms with van der Waals surface area (Å²) < 4.78 is 7.57. The fourth-order valence-electron chi connectivity index (χ4n) is 2.63. The molecule has 6 nitrogen and oxygen atoms in total. The third-order valence-electron chi connectivity index (χ3n) is 4.00. The minimum Gasteiger partial charge on any atom is -0.468 e. The van der Waals surface area contributed by atoms with Crippen LogP contribution in [-0.4, -0.2) is 55.1 Å². The number of rotatable bonds is 6. The second-order valence-corrected chi connectivity index (χ2v) is 6.48. The van der Waals surface area contributed by atoms with E-state index in [-0.39, 0.29) is 6.04 Å². The van der Waals surface area contributed by atoms with Crippen molar-refractivity contribution in [1.29, 1.82) is 0 Å². The molecule has 0 saturated carbocycles. The Morgan fingerprint density at radius 2 is 2.17 bits per heavy atom. The predicted octanol–water partition coefficient (Wildman–Crippen LogP) is 2.58. The van der Waals surface area contributed by atoms with Crippen molar-refractivity contribution in [3.05, 3.63) is 47.1 Å². The van der Waals surface area contributed by atoms with Crippen molar-refractivity contribution in [2.45, 2.75) is 12.6 Å². The van der Waals surface area contributed by atoms with Crippen molar-refractivity contribution in [3.63, 3.8) is 0 Å². The van der Waals surface area contributed by atoms with E-state index in [9.17, 15) is 0 Å². The molecule has 2 rings (SSSR count). The fourth-order valence-corrected chi connectivity index (χ4v) is 2.90. The van der Waals surface area contributed by atoms with Gasteiger partial charge in [0, 0.05) is 39.6 Å². The highest BCUT2D eigenvalue weighted by atomic mass is 35.5. The van der Waals surface area contributed by atoms with Crippen LogP contribution in [0.2, 0.25) is 5.02 Å². The summed E-state index contributed by atoms with van der Waals surface area (Å²) >= 11 is 6.06. The van der Waals surface area contributed by atoms with Gasteiger partial charge >= 0.3 is 0 Å². The monoisotopic (exact) mass is 351 g/mol. The summed E-state index contributed by atoms with van der Waals surface area (Å²) in [5.74, 6) is 1.76. The third kappa shape index (κ3) is 4.55. The first kappa shape index (κ1) is 18.4. The van der Waals surface area contributed by atoms with Gasteiger partial charge in [-0.3, -0.25) is 9.89 Å². The molecule has 0 aromatic carbocycles. The van der Waals surface area contributed by atoms with Gasteiger partial charge in [-0.05, 0) is 32.3 Å². The number of guanidine groups is 1. The van der Waals surface area contributed by atoms with Crippen LogP contribution in [0.3, 0.4) is 0 Å². The summed E-state index contributed by atoms with van der Waals surface area (Å²) in [7, 11) is 9.85. The van der Waals surface area contributed by atoms with Crippen LogP contribution in [0, 0.1) is 0 Å². The second-order valence-electron chi connectivity index (χ2n) is 6.04. The lowest BCUT2D eigenvalue weighted by molar-refractivity contribution is 0.256. The van der Waals surface area contributed by atoms with E-state index in [0.29, 0.717) is 6.54 Å². The van der Waals surface area contributed by atoms with Gasteiger partial charge in [0.2, 0.25) is 0 Å². The highest BCUT2D eigenvalue weighted by Crippen LogP contribution is 2.18. The molecule has 1 unspecified atom stereocenters. The summed E-state index contributed by atoms with van der Waals surface area (Å²) in [4.78, 5) is 8.56. The second kappa shape index (κ2) is 8.26. The highest BCUT2D eigenvalue weighted by Gasteiger charge is 2.18. The Balaban J connectivity index is 1.99. The summed E-state index contributed by atoms with van der Waals surface area (Å²) in [6.45, 7) is 1.42. The summed E-state index contributed by atoms with van der Waals surface area (Å²) in [5, 5.41) is 4.16. The molecular formula is C17H26ClN5O. The number of aryl methyl sites for hydroxylation is 1. The van der Waals surface area contributed by atoms with Gasteiger partial charge in [0.1, 0.15) is 5.76 Å². The molecule has 1 atom stereocenters. The summed E-state index contributed by atoms with van der Waals surface area (Å²) in [5.41, 5.74) is 1.13. The number of nitrogens with zero attached hydrogens (tertiary/aromatic N) is 4. The molecule has 2 heterocycles. The van der Waals surface area contributed by atoms with E-state index in [0.717, 1.165) is 29.0 Å². The molecule has 7 heteroatoms. The van der Waals surface area contributed by atoms with Crippen molar-refractivity contribution < 1.29 is 4.42 Å². The van der Waals surface area contributed by atoms with Crippen LogP contribution in [0.5, 0.6) is 0 Å². The zero-order chi connectivity index (χ0) is 17.7. The SMILES string of the molecule is CN=C(NCC(c1ccco1)N(C)C)N(C)Cc1cc(Cl)cn1C. The Labute approximate surface area is 148 Å². The van der Waals surface area contributed by atoms with Crippen molar-refractivity contribution in [2.75, 3.05) is 34.7 Å². The molecule has 0 saturated heterocycles. The van der Waals surface area contributed by atoms with E-state index in [1.807, 2.05) is 57.2 Å². The predicted molar refractivity (Wildman–Crippen MR) is 98.4 cm³/mol. The van der Waals surface area contributed by atoms with Gasteiger partial charge in [0.25, 0.3) is 0 Å². The van der Waals surface area contributed by atoms with Crippen LogP contribution in [0.15, 0.2) is 40.1 Å². The zero-order valence-corrected chi connectivity index (χ0v) is 15.7. The maximum absolute atomic E-state index is 6.06. The van der Waals surface area contributed by atoms with E-state index in [1.54, 1.807) is 13.3 Å². The molecule has 0 fully saturated rings. The minimum atomic E-state index is 0.134. The molecule has 0 aliphatic rings. The van der Waals surface area contributed by atoms with E-state index in [2.05, 4.69) is 20.1 Å². The van der Waals surface area contributed by atoms with Gasteiger partial charge in [-0.15, -0.1) is 0 Å². The van der Waals surface area contributed by atoms with Gasteiger partial charge in [0.05, 0.1) is 23.9 Å². The van der Waals surface area contributed by atoms with Gasteiger partial charge in [0.15, 0.2) is 5.96 Å². The zero-order valence-electron chi connectivity index (χ0n) is 15.0. The lowest BCUT2D eigenvalue weighted by Crippen LogP contribution is -2.42. The number of hydrogen-bond donors (Lipinski definition) is 1. The normalized spacial score (nSPS) is 13.4. The lowest BCUT2D eigenvalue weighted by Gasteiger charge is -2.27. The molecule has 2 aromatic heterocycles. The average molecular weight is 352 g/mol. The fraction of sp³-hybridized carbons (Fsp3) is 0.471. The van der Waals surface area contributed by atoms with Crippen molar-refractivity contribution in [2.24, 2.45) is 12.0 Å². The Hall–Kier alpha value is -1.92. The maximum Gasteiger partial charge on any atom is 0.193 e. The Morgan fingerprint density at radius 1 is 1.42 bits per heavy atom. The van der Waals surface area contributed by atoms with Crippen LogP contribution in [0.4, 0.5) is 0 Å². The van der Waals surface area contributed by atoms with E-state index in [1.165, 1.54) is 0 Å². The van der Waals surface area contributed by atoms with Crippen LogP contribution in [0.25, 0.3) is 0 Å². The average Bonchev–Trinajstić information content (AvgIpc) is 3.13. The largest absolute Gasteiger partial charge is 0.468 e. The number of aromatic nitrogens is 1. The van der Waals surface area contributed by atoms with Crippen molar-refractivity contribution in [3.8, 4) is 0 Å². The maximum atomic E-state index is 6.06. The lowest BCUT2D eigenvalue weighted by atomic mass is 10.2. The number of hydrogen-bond acceptors (Lipinski definition) is 3. The first-order valence-corrected chi connectivity index (χ1v) is 8.22. The van der Waals surface area contributed by atoms with Gasteiger partial charge in [-0.1, -0.05) is 11.6 Å². The Bertz CT molecular complexity index is 663. The van der Waals surface area contributed by atoms with Crippen molar-refractivity contribution >= 4 is 17.6 Å². The van der Waals surface area contributed by atoms with Gasteiger partial charge < -0.3 is 19.2 Å². The molecule has 1 N–H and O–H groups in total. The first-order chi connectivity index (χ1) is 11.4. The summed E-state index contributed by atoms with van der Waals surface area (Å²) in [6, 6.07) is 6.00. The van der Waals surface area contributed by atoms with E-state index in [4.69, 9.17) is 16.0 Å². The number of halogens is 1. The molecule has 2 aromatic rings.